The van der Waals surface area contributed by atoms with Crippen LogP contribution in [0.25, 0.3) is 0 Å². The Bertz CT molecular complexity index is 335. The van der Waals surface area contributed by atoms with Gasteiger partial charge in [0.1, 0.15) is 6.07 Å². The number of hydrogen-bond acceptors (Lipinski definition) is 2. The zero-order valence-electron chi connectivity index (χ0n) is 10.8. The molecule has 0 bridgehead atoms. The van der Waals surface area contributed by atoms with Crippen molar-refractivity contribution in [2.45, 2.75) is 58.3 Å². The molecule has 0 fully saturated rings. The summed E-state index contributed by atoms with van der Waals surface area (Å²) in [6.07, 6.45) is 12.0. The molecule has 0 saturated heterocycles. The highest BCUT2D eigenvalue weighted by atomic mass is 14.7. The Morgan fingerprint density at radius 1 is 1.06 bits per heavy atom. The summed E-state index contributed by atoms with van der Waals surface area (Å²) in [6.45, 7) is 2.25. The van der Waals surface area contributed by atoms with Crippen LogP contribution in [-0.2, 0) is 6.42 Å². The quantitative estimate of drug-likeness (QED) is 0.626. The molecule has 92 valence electrons. The minimum atomic E-state index is 0.647. The molecule has 1 rings (SSSR count). The maximum atomic E-state index is 8.66. The lowest BCUT2D eigenvalue weighted by atomic mass is 10.1. The fourth-order valence-corrected chi connectivity index (χ4v) is 1.90. The van der Waals surface area contributed by atoms with E-state index in [2.05, 4.69) is 18.0 Å². The van der Waals surface area contributed by atoms with Gasteiger partial charge in [-0.25, -0.2) is 0 Å². The van der Waals surface area contributed by atoms with E-state index < -0.39 is 0 Å². The first kappa shape index (κ1) is 13.7. The second-order valence-corrected chi connectivity index (χ2v) is 4.52. The Morgan fingerprint density at radius 3 is 2.35 bits per heavy atom. The summed E-state index contributed by atoms with van der Waals surface area (Å²) < 4.78 is 0. The van der Waals surface area contributed by atoms with Crippen LogP contribution < -0.4 is 0 Å². The molecule has 0 radical (unpaired) electrons. The molecule has 0 aromatic carbocycles. The predicted molar refractivity (Wildman–Crippen MR) is 70.6 cm³/mol. The second-order valence-electron chi connectivity index (χ2n) is 4.52. The number of nitriles is 1. The fraction of sp³-hybridized carbons (Fsp3) is 0.600. The average Bonchev–Trinajstić information content (AvgIpc) is 2.38. The summed E-state index contributed by atoms with van der Waals surface area (Å²) >= 11 is 0. The van der Waals surface area contributed by atoms with Crippen molar-refractivity contribution in [2.24, 2.45) is 0 Å². The maximum Gasteiger partial charge on any atom is 0.101 e. The average molecular weight is 230 g/mol. The van der Waals surface area contributed by atoms with E-state index in [9.17, 15) is 0 Å². The number of unbranched alkanes of at least 4 members (excludes halogenated alkanes) is 6. The molecule has 0 aliphatic carbocycles. The first-order valence-electron chi connectivity index (χ1n) is 6.72. The monoisotopic (exact) mass is 230 g/mol. The minimum Gasteiger partial charge on any atom is -0.260 e. The molecular formula is C15H22N2. The zero-order chi connectivity index (χ0) is 12.3. The lowest BCUT2D eigenvalue weighted by Crippen LogP contribution is -1.91. The van der Waals surface area contributed by atoms with Crippen LogP contribution in [0.2, 0.25) is 0 Å². The number of nitrogens with zero attached hydrogens (tertiary/aromatic N) is 2. The van der Waals surface area contributed by atoms with Gasteiger partial charge in [-0.2, -0.15) is 5.26 Å². The van der Waals surface area contributed by atoms with Crippen molar-refractivity contribution < 1.29 is 0 Å². The van der Waals surface area contributed by atoms with Gasteiger partial charge < -0.3 is 0 Å². The van der Waals surface area contributed by atoms with Gasteiger partial charge in [0.05, 0.1) is 5.56 Å². The summed E-state index contributed by atoms with van der Waals surface area (Å²) in [4.78, 5) is 4.27. The largest absolute Gasteiger partial charge is 0.260 e. The van der Waals surface area contributed by atoms with Crippen LogP contribution in [0, 0.1) is 11.3 Å². The molecule has 1 aromatic rings. The smallest absolute Gasteiger partial charge is 0.101 e. The summed E-state index contributed by atoms with van der Waals surface area (Å²) in [5, 5.41) is 8.66. The molecule has 0 atom stereocenters. The van der Waals surface area contributed by atoms with E-state index >= 15 is 0 Å². The molecule has 1 aromatic heterocycles. The van der Waals surface area contributed by atoms with Crippen LogP contribution in [0.3, 0.4) is 0 Å². The molecule has 0 unspecified atom stereocenters. The van der Waals surface area contributed by atoms with Crippen molar-refractivity contribution in [1.29, 1.82) is 5.26 Å². The Hall–Kier alpha value is -1.36. The Morgan fingerprint density at radius 2 is 1.76 bits per heavy atom. The van der Waals surface area contributed by atoms with Gasteiger partial charge in [-0.15, -0.1) is 0 Å². The highest BCUT2D eigenvalue weighted by Gasteiger charge is 1.96. The molecule has 0 aliphatic rings. The van der Waals surface area contributed by atoms with Crippen LogP contribution in [0.5, 0.6) is 0 Å². The Labute approximate surface area is 105 Å². The van der Waals surface area contributed by atoms with Crippen LogP contribution >= 0.6 is 0 Å². The SMILES string of the molecule is CCCCCCCCCc1ccc(C#N)cn1. The molecule has 0 spiro atoms. The number of rotatable bonds is 8. The van der Waals surface area contributed by atoms with Gasteiger partial charge >= 0.3 is 0 Å². The van der Waals surface area contributed by atoms with Gasteiger partial charge in [0, 0.05) is 11.9 Å². The van der Waals surface area contributed by atoms with Crippen molar-refractivity contribution in [3.8, 4) is 6.07 Å². The van der Waals surface area contributed by atoms with E-state index in [-0.39, 0.29) is 0 Å². The summed E-state index contributed by atoms with van der Waals surface area (Å²) in [7, 11) is 0. The van der Waals surface area contributed by atoms with Gasteiger partial charge in [0.25, 0.3) is 0 Å². The van der Waals surface area contributed by atoms with Gasteiger partial charge in [0.2, 0.25) is 0 Å². The number of aryl methyl sites for hydroxylation is 1. The van der Waals surface area contributed by atoms with Gasteiger partial charge in [-0.1, -0.05) is 45.4 Å². The predicted octanol–water partition coefficient (Wildman–Crippen LogP) is 4.25. The van der Waals surface area contributed by atoms with Crippen molar-refractivity contribution >= 4 is 0 Å². The third-order valence-corrected chi connectivity index (χ3v) is 2.99. The molecular weight excluding hydrogens is 208 g/mol. The van der Waals surface area contributed by atoms with E-state index in [4.69, 9.17) is 5.26 Å². The summed E-state index contributed by atoms with van der Waals surface area (Å²) in [6, 6.07) is 5.91. The zero-order valence-corrected chi connectivity index (χ0v) is 10.8. The lowest BCUT2D eigenvalue weighted by molar-refractivity contribution is 0.587. The molecule has 2 heteroatoms. The van der Waals surface area contributed by atoms with E-state index in [1.54, 1.807) is 6.20 Å². The van der Waals surface area contributed by atoms with E-state index in [1.165, 1.54) is 44.9 Å². The standard InChI is InChI=1S/C15H22N2/c1-2-3-4-5-6-7-8-9-15-11-10-14(12-16)13-17-15/h10-11,13H,2-9H2,1H3. The van der Waals surface area contributed by atoms with Crippen molar-refractivity contribution in [1.82, 2.24) is 4.98 Å². The molecule has 0 aliphatic heterocycles. The summed E-state index contributed by atoms with van der Waals surface area (Å²) in [5.74, 6) is 0. The molecule has 1 heterocycles. The fourth-order valence-electron chi connectivity index (χ4n) is 1.90. The first-order valence-corrected chi connectivity index (χ1v) is 6.72. The van der Waals surface area contributed by atoms with E-state index in [0.717, 1.165) is 12.1 Å². The van der Waals surface area contributed by atoms with Gasteiger partial charge in [-0.3, -0.25) is 4.98 Å². The second kappa shape index (κ2) is 8.75. The molecule has 17 heavy (non-hydrogen) atoms. The maximum absolute atomic E-state index is 8.66. The first-order chi connectivity index (χ1) is 8.36. The van der Waals surface area contributed by atoms with Gasteiger partial charge in [0.15, 0.2) is 0 Å². The number of hydrogen-bond donors (Lipinski definition) is 0. The van der Waals surface area contributed by atoms with Crippen molar-refractivity contribution in [3.05, 3.63) is 29.6 Å². The number of pyridine rings is 1. The summed E-state index contributed by atoms with van der Waals surface area (Å²) in [5.41, 5.74) is 1.76. The highest BCUT2D eigenvalue weighted by Crippen LogP contribution is 2.09. The third-order valence-electron chi connectivity index (χ3n) is 2.99. The molecule has 2 nitrogen and oxygen atoms in total. The van der Waals surface area contributed by atoms with Crippen LogP contribution in [0.4, 0.5) is 0 Å². The minimum absolute atomic E-state index is 0.647. The van der Waals surface area contributed by atoms with Gasteiger partial charge in [-0.05, 0) is 25.0 Å². The van der Waals surface area contributed by atoms with Crippen LogP contribution in [0.15, 0.2) is 18.3 Å². The normalized spacial score (nSPS) is 10.1. The highest BCUT2D eigenvalue weighted by molar-refractivity contribution is 5.26. The van der Waals surface area contributed by atoms with E-state index in [1.807, 2.05) is 12.1 Å². The molecule has 0 saturated carbocycles. The molecule has 0 amide bonds. The Balaban J connectivity index is 2.08. The molecule has 0 N–H and O–H groups in total. The van der Waals surface area contributed by atoms with Crippen molar-refractivity contribution in [3.63, 3.8) is 0 Å². The topological polar surface area (TPSA) is 36.7 Å². The van der Waals surface area contributed by atoms with Crippen LogP contribution in [-0.4, -0.2) is 4.98 Å². The van der Waals surface area contributed by atoms with Crippen LogP contribution in [0.1, 0.15) is 63.1 Å². The Kier molecular flexibility index (Phi) is 7.06. The lowest BCUT2D eigenvalue weighted by Gasteiger charge is -2.01. The van der Waals surface area contributed by atoms with Crippen molar-refractivity contribution in [2.75, 3.05) is 0 Å². The third kappa shape index (κ3) is 6.06. The van der Waals surface area contributed by atoms with E-state index in [0.29, 0.717) is 5.56 Å². The number of aromatic nitrogens is 1.